The van der Waals surface area contributed by atoms with Gasteiger partial charge in [0.1, 0.15) is 12.1 Å². The van der Waals surface area contributed by atoms with E-state index in [1.54, 1.807) is 6.20 Å². The predicted molar refractivity (Wildman–Crippen MR) is 119 cm³/mol. The summed E-state index contributed by atoms with van der Waals surface area (Å²) in [5, 5.41) is 17.4. The van der Waals surface area contributed by atoms with Gasteiger partial charge in [0.05, 0.1) is 12.6 Å². The number of aromatic amines is 1. The van der Waals surface area contributed by atoms with Crippen LogP contribution in [0.5, 0.6) is 0 Å². The number of H-pyrrole nitrogens is 1. The normalized spacial score (nSPS) is 13.5. The largest absolute Gasteiger partial charge is 0.480 e. The Kier molecular flexibility index (Phi) is 8.92. The summed E-state index contributed by atoms with van der Waals surface area (Å²) in [6.45, 7) is 1.04. The van der Waals surface area contributed by atoms with Crippen LogP contribution in [-0.4, -0.2) is 64.4 Å². The zero-order valence-corrected chi connectivity index (χ0v) is 18.1. The molecule has 2 rings (SSSR count). The van der Waals surface area contributed by atoms with E-state index in [2.05, 4.69) is 20.9 Å². The van der Waals surface area contributed by atoms with Gasteiger partial charge in [0.25, 0.3) is 0 Å². The summed E-state index contributed by atoms with van der Waals surface area (Å²) in [5.74, 6) is -4.01. The standard InChI is InChI=1S/C21H28N6O6/c1-11(22)19(30)25-10-18(29)26-16(8-12-9-24-14-5-3-2-4-13(12)14)20(31)27-15(21(32)33)6-7-17(23)28/h2-5,9,11,15-16,24H,6-8,10,22H2,1H3,(H2,23,28)(H,25,30)(H,26,29)(H,27,31)(H,32,33). The number of amides is 4. The summed E-state index contributed by atoms with van der Waals surface area (Å²) in [7, 11) is 0. The van der Waals surface area contributed by atoms with Crippen molar-refractivity contribution in [3.8, 4) is 0 Å². The number of carbonyl (C=O) groups excluding carboxylic acids is 4. The van der Waals surface area contributed by atoms with Gasteiger partial charge in [-0.25, -0.2) is 4.79 Å². The number of primary amides is 1. The molecule has 0 bridgehead atoms. The molecule has 33 heavy (non-hydrogen) atoms. The molecular weight excluding hydrogens is 432 g/mol. The zero-order chi connectivity index (χ0) is 24.5. The maximum atomic E-state index is 12.9. The van der Waals surface area contributed by atoms with Gasteiger partial charge in [-0.15, -0.1) is 0 Å². The Labute approximate surface area is 189 Å². The molecule has 0 aliphatic rings. The fourth-order valence-electron chi connectivity index (χ4n) is 3.12. The summed E-state index contributed by atoms with van der Waals surface area (Å²) in [6, 6.07) is 4.01. The van der Waals surface area contributed by atoms with Crippen molar-refractivity contribution in [3.05, 3.63) is 36.0 Å². The van der Waals surface area contributed by atoms with Crippen molar-refractivity contribution in [1.29, 1.82) is 0 Å². The first kappa shape index (κ1) is 25.3. The van der Waals surface area contributed by atoms with E-state index in [1.807, 2.05) is 24.3 Å². The number of carbonyl (C=O) groups is 5. The number of aromatic nitrogens is 1. The molecule has 1 aromatic carbocycles. The molecule has 0 saturated carbocycles. The van der Waals surface area contributed by atoms with Crippen LogP contribution >= 0.6 is 0 Å². The van der Waals surface area contributed by atoms with Gasteiger partial charge in [-0.1, -0.05) is 18.2 Å². The molecule has 178 valence electrons. The van der Waals surface area contributed by atoms with Crippen molar-refractivity contribution in [2.24, 2.45) is 11.5 Å². The number of hydrogen-bond donors (Lipinski definition) is 7. The lowest BCUT2D eigenvalue weighted by Crippen LogP contribution is -2.54. The topological polar surface area (TPSA) is 209 Å². The number of carboxylic acids is 1. The summed E-state index contributed by atoms with van der Waals surface area (Å²) in [5.41, 5.74) is 12.1. The highest BCUT2D eigenvalue weighted by molar-refractivity contribution is 5.93. The number of hydrogen-bond acceptors (Lipinski definition) is 6. The van der Waals surface area contributed by atoms with Crippen LogP contribution in [0.1, 0.15) is 25.3 Å². The molecular formula is C21H28N6O6. The average Bonchev–Trinajstić information content (AvgIpc) is 3.16. The van der Waals surface area contributed by atoms with Gasteiger partial charge in [-0.05, 0) is 25.0 Å². The molecule has 0 saturated heterocycles. The first-order valence-corrected chi connectivity index (χ1v) is 10.3. The van der Waals surface area contributed by atoms with Crippen molar-refractivity contribution >= 4 is 40.5 Å². The van der Waals surface area contributed by atoms with E-state index in [0.717, 1.165) is 16.5 Å². The van der Waals surface area contributed by atoms with Gasteiger partial charge in [0, 0.05) is 29.9 Å². The van der Waals surface area contributed by atoms with Gasteiger partial charge >= 0.3 is 5.97 Å². The Morgan fingerprint density at radius 3 is 2.39 bits per heavy atom. The Morgan fingerprint density at radius 2 is 1.76 bits per heavy atom. The Morgan fingerprint density at radius 1 is 1.06 bits per heavy atom. The summed E-state index contributed by atoms with van der Waals surface area (Å²) in [6.07, 6.45) is 1.30. The first-order chi connectivity index (χ1) is 15.6. The number of carboxylic acid groups (broad SMARTS) is 1. The average molecular weight is 460 g/mol. The number of nitrogens with one attached hydrogen (secondary N) is 4. The van der Waals surface area contributed by atoms with Crippen LogP contribution in [0.15, 0.2) is 30.5 Å². The van der Waals surface area contributed by atoms with Crippen LogP contribution in [0.4, 0.5) is 0 Å². The molecule has 3 atom stereocenters. The van der Waals surface area contributed by atoms with Crippen LogP contribution in [0, 0.1) is 0 Å². The number of nitrogens with two attached hydrogens (primary N) is 2. The number of aliphatic carboxylic acids is 1. The van der Waals surface area contributed by atoms with Crippen LogP contribution in [0.2, 0.25) is 0 Å². The van der Waals surface area contributed by atoms with E-state index < -0.39 is 54.3 Å². The molecule has 0 fully saturated rings. The SMILES string of the molecule is CC(N)C(=O)NCC(=O)NC(Cc1c[nH]c2ccccc12)C(=O)NC(CCC(N)=O)C(=O)O. The minimum atomic E-state index is -1.37. The van der Waals surface area contributed by atoms with Gasteiger partial charge < -0.3 is 37.5 Å². The number of rotatable bonds is 12. The highest BCUT2D eigenvalue weighted by Gasteiger charge is 2.28. The monoisotopic (exact) mass is 460 g/mol. The van der Waals surface area contributed by atoms with E-state index in [-0.39, 0.29) is 19.3 Å². The molecule has 1 heterocycles. The minimum Gasteiger partial charge on any atom is -0.480 e. The van der Waals surface area contributed by atoms with E-state index in [0.29, 0.717) is 0 Å². The van der Waals surface area contributed by atoms with Crippen molar-refractivity contribution in [2.75, 3.05) is 6.54 Å². The third-order valence-electron chi connectivity index (χ3n) is 4.88. The van der Waals surface area contributed by atoms with E-state index in [9.17, 15) is 29.1 Å². The third kappa shape index (κ3) is 7.61. The van der Waals surface area contributed by atoms with Crippen LogP contribution in [-0.2, 0) is 30.4 Å². The number of fused-ring (bicyclic) bond motifs is 1. The molecule has 12 heteroatoms. The second-order valence-corrected chi connectivity index (χ2v) is 7.59. The molecule has 12 nitrogen and oxygen atoms in total. The second-order valence-electron chi connectivity index (χ2n) is 7.59. The summed E-state index contributed by atoms with van der Waals surface area (Å²) >= 11 is 0. The van der Waals surface area contributed by atoms with Gasteiger partial charge in [0.15, 0.2) is 0 Å². The lowest BCUT2D eigenvalue weighted by atomic mass is 10.0. The fraction of sp³-hybridized carbons (Fsp3) is 0.381. The number of benzene rings is 1. The maximum Gasteiger partial charge on any atom is 0.326 e. The van der Waals surface area contributed by atoms with Crippen LogP contribution in [0.25, 0.3) is 10.9 Å². The molecule has 4 amide bonds. The lowest BCUT2D eigenvalue weighted by molar-refractivity contribution is -0.142. The molecule has 0 spiro atoms. The second kappa shape index (κ2) is 11.6. The van der Waals surface area contributed by atoms with E-state index in [4.69, 9.17) is 11.5 Å². The fourth-order valence-corrected chi connectivity index (χ4v) is 3.12. The van der Waals surface area contributed by atoms with Gasteiger partial charge in [-0.3, -0.25) is 19.2 Å². The summed E-state index contributed by atoms with van der Waals surface area (Å²) in [4.78, 5) is 62.5. The minimum absolute atomic E-state index is 0.0466. The first-order valence-electron chi connectivity index (χ1n) is 10.3. The molecule has 3 unspecified atom stereocenters. The third-order valence-corrected chi connectivity index (χ3v) is 4.88. The van der Waals surface area contributed by atoms with Crippen molar-refractivity contribution in [3.63, 3.8) is 0 Å². The van der Waals surface area contributed by atoms with Crippen molar-refractivity contribution in [2.45, 2.75) is 44.3 Å². The Bertz CT molecular complexity index is 1030. The summed E-state index contributed by atoms with van der Waals surface area (Å²) < 4.78 is 0. The Balaban J connectivity index is 2.18. The van der Waals surface area contributed by atoms with Crippen LogP contribution in [0.3, 0.4) is 0 Å². The highest BCUT2D eigenvalue weighted by Crippen LogP contribution is 2.19. The molecule has 2 aromatic rings. The molecule has 0 aliphatic heterocycles. The maximum absolute atomic E-state index is 12.9. The van der Waals surface area contributed by atoms with E-state index >= 15 is 0 Å². The molecule has 0 aliphatic carbocycles. The highest BCUT2D eigenvalue weighted by atomic mass is 16.4. The van der Waals surface area contributed by atoms with E-state index in [1.165, 1.54) is 6.92 Å². The molecule has 0 radical (unpaired) electrons. The van der Waals surface area contributed by atoms with Gasteiger partial charge in [0.2, 0.25) is 23.6 Å². The predicted octanol–water partition coefficient (Wildman–Crippen LogP) is -1.51. The molecule has 9 N–H and O–H groups in total. The zero-order valence-electron chi connectivity index (χ0n) is 18.1. The number of para-hydroxylation sites is 1. The molecule has 1 aromatic heterocycles. The van der Waals surface area contributed by atoms with Crippen LogP contribution < -0.4 is 27.4 Å². The van der Waals surface area contributed by atoms with Gasteiger partial charge in [-0.2, -0.15) is 0 Å². The Hall–Kier alpha value is -3.93. The van der Waals surface area contributed by atoms with Crippen molar-refractivity contribution < 1.29 is 29.1 Å². The smallest absolute Gasteiger partial charge is 0.326 e. The quantitative estimate of drug-likeness (QED) is 0.199. The van der Waals surface area contributed by atoms with Crippen molar-refractivity contribution in [1.82, 2.24) is 20.9 Å². The lowest BCUT2D eigenvalue weighted by Gasteiger charge is -2.21.